The first-order valence-electron chi connectivity index (χ1n) is 8.82. The van der Waals surface area contributed by atoms with Crippen molar-refractivity contribution in [3.05, 3.63) is 24.3 Å². The van der Waals surface area contributed by atoms with Gasteiger partial charge in [-0.1, -0.05) is 12.1 Å². The third-order valence-corrected chi connectivity index (χ3v) is 4.88. The minimum Gasteiger partial charge on any atom is -0.393 e. The number of carbonyl (C=O) groups excluding carboxylic acids is 1. The molecule has 126 valence electrons. The Hall–Kier alpha value is -1.75. The number of rotatable bonds is 3. The standard InChI is InChI=1S/C18H27N3O2/c22-15-10-8-14(9-11-15)19-18(23)20-16-6-2-3-7-17(16)21-12-4-1-5-13-21/h2-3,6-7,14-15,22H,1,4-5,8-13H2,(H2,19,20,23). The average Bonchev–Trinajstić information content (AvgIpc) is 2.58. The van der Waals surface area contributed by atoms with Crippen molar-refractivity contribution in [1.82, 2.24) is 5.32 Å². The van der Waals surface area contributed by atoms with E-state index in [1.165, 1.54) is 19.3 Å². The molecular formula is C18H27N3O2. The number of carbonyl (C=O) groups is 1. The molecular weight excluding hydrogens is 290 g/mol. The number of nitrogens with one attached hydrogen (secondary N) is 2. The molecule has 1 saturated heterocycles. The molecule has 1 aliphatic heterocycles. The monoisotopic (exact) mass is 317 g/mol. The van der Waals surface area contributed by atoms with E-state index in [0.29, 0.717) is 0 Å². The lowest BCUT2D eigenvalue weighted by Crippen LogP contribution is -2.41. The molecule has 0 radical (unpaired) electrons. The molecule has 5 nitrogen and oxygen atoms in total. The Balaban J connectivity index is 1.59. The fourth-order valence-corrected chi connectivity index (χ4v) is 3.55. The van der Waals surface area contributed by atoms with Crippen molar-refractivity contribution in [2.75, 3.05) is 23.3 Å². The van der Waals surface area contributed by atoms with Crippen LogP contribution in [0.2, 0.25) is 0 Å². The third-order valence-electron chi connectivity index (χ3n) is 4.88. The van der Waals surface area contributed by atoms with E-state index in [0.717, 1.165) is 50.1 Å². The first-order chi connectivity index (χ1) is 11.2. The van der Waals surface area contributed by atoms with E-state index in [-0.39, 0.29) is 18.2 Å². The molecule has 0 spiro atoms. The van der Waals surface area contributed by atoms with E-state index < -0.39 is 0 Å². The van der Waals surface area contributed by atoms with Gasteiger partial charge in [-0.25, -0.2) is 4.79 Å². The fourth-order valence-electron chi connectivity index (χ4n) is 3.55. The van der Waals surface area contributed by atoms with Crippen LogP contribution in [-0.4, -0.2) is 36.4 Å². The van der Waals surface area contributed by atoms with Gasteiger partial charge in [-0.15, -0.1) is 0 Å². The third kappa shape index (κ3) is 4.38. The minimum atomic E-state index is -0.198. The average molecular weight is 317 g/mol. The number of benzene rings is 1. The summed E-state index contributed by atoms with van der Waals surface area (Å²) in [7, 11) is 0. The predicted octanol–water partition coefficient (Wildman–Crippen LogP) is 3.10. The van der Waals surface area contributed by atoms with E-state index in [1.807, 2.05) is 18.2 Å². The van der Waals surface area contributed by atoms with Crippen molar-refractivity contribution in [1.29, 1.82) is 0 Å². The SMILES string of the molecule is O=C(Nc1ccccc1N1CCCCC1)NC1CCC(O)CC1. The van der Waals surface area contributed by atoms with Gasteiger partial charge in [0, 0.05) is 19.1 Å². The Morgan fingerprint density at radius 3 is 2.48 bits per heavy atom. The summed E-state index contributed by atoms with van der Waals surface area (Å²) >= 11 is 0. The summed E-state index contributed by atoms with van der Waals surface area (Å²) in [6, 6.07) is 8.05. The minimum absolute atomic E-state index is 0.143. The molecule has 1 aromatic rings. The number of para-hydroxylation sites is 2. The van der Waals surface area contributed by atoms with E-state index >= 15 is 0 Å². The largest absolute Gasteiger partial charge is 0.393 e. The van der Waals surface area contributed by atoms with Gasteiger partial charge in [-0.3, -0.25) is 0 Å². The molecule has 3 N–H and O–H groups in total. The second kappa shape index (κ2) is 7.68. The molecule has 0 bridgehead atoms. The second-order valence-corrected chi connectivity index (χ2v) is 6.67. The van der Waals surface area contributed by atoms with Crippen LogP contribution in [0.15, 0.2) is 24.3 Å². The van der Waals surface area contributed by atoms with Gasteiger partial charge in [0.2, 0.25) is 0 Å². The number of nitrogens with zero attached hydrogens (tertiary/aromatic N) is 1. The fraction of sp³-hybridized carbons (Fsp3) is 0.611. The second-order valence-electron chi connectivity index (χ2n) is 6.67. The zero-order valence-corrected chi connectivity index (χ0v) is 13.6. The quantitative estimate of drug-likeness (QED) is 0.802. The van der Waals surface area contributed by atoms with Gasteiger partial charge >= 0.3 is 6.03 Å². The zero-order chi connectivity index (χ0) is 16.1. The molecule has 5 heteroatoms. The Morgan fingerprint density at radius 1 is 1.04 bits per heavy atom. The Morgan fingerprint density at radius 2 is 1.74 bits per heavy atom. The van der Waals surface area contributed by atoms with Gasteiger partial charge in [-0.05, 0) is 57.1 Å². The number of urea groups is 1. The van der Waals surface area contributed by atoms with Gasteiger partial charge in [0.15, 0.2) is 0 Å². The van der Waals surface area contributed by atoms with Crippen molar-refractivity contribution in [2.24, 2.45) is 0 Å². The van der Waals surface area contributed by atoms with Crippen molar-refractivity contribution in [3.8, 4) is 0 Å². The molecule has 2 amide bonds. The van der Waals surface area contributed by atoms with Crippen LogP contribution < -0.4 is 15.5 Å². The Bertz CT molecular complexity index is 521. The number of aliphatic hydroxyl groups is 1. The molecule has 2 fully saturated rings. The van der Waals surface area contributed by atoms with Crippen LogP contribution in [0.5, 0.6) is 0 Å². The Labute approximate surface area is 138 Å². The summed E-state index contributed by atoms with van der Waals surface area (Å²) in [5, 5.41) is 15.6. The summed E-state index contributed by atoms with van der Waals surface area (Å²) in [6.07, 6.45) is 6.77. The van der Waals surface area contributed by atoms with E-state index in [4.69, 9.17) is 0 Å². The summed E-state index contributed by atoms with van der Waals surface area (Å²) in [5.74, 6) is 0. The number of aliphatic hydroxyl groups excluding tert-OH is 1. The number of piperidine rings is 1. The number of hydrogen-bond acceptors (Lipinski definition) is 3. The van der Waals surface area contributed by atoms with Crippen LogP contribution in [0.3, 0.4) is 0 Å². The summed E-state index contributed by atoms with van der Waals surface area (Å²) < 4.78 is 0. The Kier molecular flexibility index (Phi) is 5.39. The summed E-state index contributed by atoms with van der Waals surface area (Å²) in [6.45, 7) is 2.11. The molecule has 1 saturated carbocycles. The van der Waals surface area contributed by atoms with Gasteiger partial charge in [0.1, 0.15) is 0 Å². The highest BCUT2D eigenvalue weighted by atomic mass is 16.3. The maximum Gasteiger partial charge on any atom is 0.319 e. The van der Waals surface area contributed by atoms with Crippen molar-refractivity contribution in [3.63, 3.8) is 0 Å². The van der Waals surface area contributed by atoms with Gasteiger partial charge in [0.25, 0.3) is 0 Å². The van der Waals surface area contributed by atoms with Crippen LogP contribution in [0, 0.1) is 0 Å². The molecule has 1 aliphatic carbocycles. The highest BCUT2D eigenvalue weighted by Gasteiger charge is 2.21. The molecule has 23 heavy (non-hydrogen) atoms. The van der Waals surface area contributed by atoms with Crippen molar-refractivity contribution >= 4 is 17.4 Å². The van der Waals surface area contributed by atoms with Crippen LogP contribution in [0.25, 0.3) is 0 Å². The topological polar surface area (TPSA) is 64.6 Å². The maximum absolute atomic E-state index is 12.3. The van der Waals surface area contributed by atoms with E-state index in [2.05, 4.69) is 21.6 Å². The van der Waals surface area contributed by atoms with E-state index in [9.17, 15) is 9.90 Å². The van der Waals surface area contributed by atoms with Crippen LogP contribution in [-0.2, 0) is 0 Å². The molecule has 3 rings (SSSR count). The van der Waals surface area contributed by atoms with E-state index in [1.54, 1.807) is 0 Å². The highest BCUT2D eigenvalue weighted by molar-refractivity contribution is 5.93. The van der Waals surface area contributed by atoms with Crippen molar-refractivity contribution < 1.29 is 9.90 Å². The van der Waals surface area contributed by atoms with Gasteiger partial charge < -0.3 is 20.6 Å². The molecule has 0 atom stereocenters. The first-order valence-corrected chi connectivity index (χ1v) is 8.82. The highest BCUT2D eigenvalue weighted by Crippen LogP contribution is 2.28. The number of hydrogen-bond donors (Lipinski definition) is 3. The number of amides is 2. The predicted molar refractivity (Wildman–Crippen MR) is 92.9 cm³/mol. The van der Waals surface area contributed by atoms with Crippen LogP contribution in [0.1, 0.15) is 44.9 Å². The maximum atomic E-state index is 12.3. The lowest BCUT2D eigenvalue weighted by atomic mass is 9.93. The van der Waals surface area contributed by atoms with Crippen LogP contribution in [0.4, 0.5) is 16.2 Å². The lowest BCUT2D eigenvalue weighted by Gasteiger charge is -2.31. The first kappa shape index (κ1) is 16.1. The van der Waals surface area contributed by atoms with Crippen molar-refractivity contribution in [2.45, 2.75) is 57.1 Å². The smallest absolute Gasteiger partial charge is 0.319 e. The normalized spacial score (nSPS) is 25.0. The molecule has 0 unspecified atom stereocenters. The van der Waals surface area contributed by atoms with Gasteiger partial charge in [0.05, 0.1) is 17.5 Å². The molecule has 2 aliphatic rings. The summed E-state index contributed by atoms with van der Waals surface area (Å²) in [4.78, 5) is 14.7. The molecule has 1 heterocycles. The van der Waals surface area contributed by atoms with Crippen LogP contribution >= 0.6 is 0 Å². The molecule has 0 aromatic heterocycles. The number of anilines is 2. The molecule has 1 aromatic carbocycles. The zero-order valence-electron chi connectivity index (χ0n) is 13.6. The lowest BCUT2D eigenvalue weighted by molar-refractivity contribution is 0.118. The summed E-state index contributed by atoms with van der Waals surface area (Å²) in [5.41, 5.74) is 1.99. The van der Waals surface area contributed by atoms with Gasteiger partial charge in [-0.2, -0.15) is 0 Å².